The van der Waals surface area contributed by atoms with Gasteiger partial charge < -0.3 is 14.9 Å². The third-order valence-electron chi connectivity index (χ3n) is 4.72. The van der Waals surface area contributed by atoms with E-state index in [1.54, 1.807) is 6.20 Å². The number of nitrogens with zero attached hydrogens (tertiary/aromatic N) is 2. The predicted octanol–water partition coefficient (Wildman–Crippen LogP) is 5.34. The van der Waals surface area contributed by atoms with Gasteiger partial charge in [0.2, 0.25) is 0 Å². The average Bonchev–Trinajstić information content (AvgIpc) is 3.16. The number of carbonyl (C=O) groups is 1. The van der Waals surface area contributed by atoms with Crippen LogP contribution in [0.2, 0.25) is 0 Å². The van der Waals surface area contributed by atoms with E-state index in [1.807, 2.05) is 60.7 Å². The van der Waals surface area contributed by atoms with Crippen LogP contribution in [-0.2, 0) is 11.8 Å². The van der Waals surface area contributed by atoms with Gasteiger partial charge in [0.15, 0.2) is 5.58 Å². The fraction of sp³-hybridized carbons (Fsp3) is 0.136. The van der Waals surface area contributed by atoms with Crippen molar-refractivity contribution in [1.29, 1.82) is 0 Å². The molecule has 2 N–H and O–H groups in total. The van der Waals surface area contributed by atoms with Crippen LogP contribution in [0, 0.1) is 0 Å². The van der Waals surface area contributed by atoms with Crippen molar-refractivity contribution in [3.05, 3.63) is 83.7 Å². The van der Waals surface area contributed by atoms with Gasteiger partial charge in [0.1, 0.15) is 5.69 Å². The summed E-state index contributed by atoms with van der Waals surface area (Å²) < 4.78 is 5.56. The van der Waals surface area contributed by atoms with Gasteiger partial charge in [0.25, 0.3) is 0 Å². The van der Waals surface area contributed by atoms with Gasteiger partial charge in [-0.2, -0.15) is 0 Å². The second-order valence-corrected chi connectivity index (χ2v) is 7.17. The van der Waals surface area contributed by atoms with Crippen LogP contribution >= 0.6 is 15.9 Å². The molecule has 0 saturated heterocycles. The van der Waals surface area contributed by atoms with E-state index in [9.17, 15) is 9.90 Å². The number of aromatic nitrogens is 2. The molecule has 1 unspecified atom stereocenters. The summed E-state index contributed by atoms with van der Waals surface area (Å²) >= 11 is 3.45. The normalized spacial score (nSPS) is 12.0. The van der Waals surface area contributed by atoms with E-state index in [4.69, 9.17) is 4.52 Å². The predicted molar refractivity (Wildman–Crippen MR) is 114 cm³/mol. The first kappa shape index (κ1) is 19.1. The summed E-state index contributed by atoms with van der Waals surface area (Å²) in [5, 5.41) is 17.9. The summed E-state index contributed by atoms with van der Waals surface area (Å²) in [5.41, 5.74) is 4.92. The Balaban J connectivity index is 1.79. The highest BCUT2D eigenvalue weighted by molar-refractivity contribution is 9.08. The Labute approximate surface area is 175 Å². The lowest BCUT2D eigenvalue weighted by molar-refractivity contribution is 0.190. The van der Waals surface area contributed by atoms with Gasteiger partial charge in [-0.05, 0) is 35.4 Å². The number of pyridine rings is 1. The molecule has 0 radical (unpaired) electrons. The molecule has 2 aromatic heterocycles. The molecule has 7 heteroatoms. The summed E-state index contributed by atoms with van der Waals surface area (Å²) in [5.74, 6) is 0. The van der Waals surface area contributed by atoms with Crippen molar-refractivity contribution < 1.29 is 14.4 Å². The topological polar surface area (TPSA) is 88.2 Å². The number of hydrogen-bond acceptors (Lipinski definition) is 4. The third-order valence-corrected chi connectivity index (χ3v) is 5.37. The lowest BCUT2D eigenvalue weighted by atomic mass is 9.93. The highest BCUT2D eigenvalue weighted by Gasteiger charge is 2.22. The molecule has 146 valence electrons. The summed E-state index contributed by atoms with van der Waals surface area (Å²) in [7, 11) is 0. The molecule has 1 atom stereocenters. The van der Waals surface area contributed by atoms with Crippen molar-refractivity contribution >= 4 is 33.0 Å². The maximum atomic E-state index is 11.5. The first-order valence-corrected chi connectivity index (χ1v) is 10.2. The SMILES string of the molecule is O=C(O)NC(Cc1ccccn1)c1ccccc1-c1noc2cc(CBr)ccc12. The molecule has 0 bridgehead atoms. The molecule has 0 saturated carbocycles. The Morgan fingerprint density at radius 1 is 1.14 bits per heavy atom. The Hall–Kier alpha value is -3.19. The standard InChI is InChI=1S/C22H18BrN3O3/c23-13-14-8-9-18-20(11-14)29-26-21(18)17-7-2-1-6-16(17)19(25-22(27)28)12-15-5-3-4-10-24-15/h1-11,19,25H,12-13H2,(H,27,28). The molecular weight excluding hydrogens is 434 g/mol. The van der Waals surface area contributed by atoms with E-state index >= 15 is 0 Å². The van der Waals surface area contributed by atoms with Gasteiger partial charge in [0.05, 0.1) is 6.04 Å². The van der Waals surface area contributed by atoms with Gasteiger partial charge >= 0.3 is 6.09 Å². The maximum Gasteiger partial charge on any atom is 0.405 e. The van der Waals surface area contributed by atoms with Crippen LogP contribution < -0.4 is 5.32 Å². The molecule has 0 spiro atoms. The van der Waals surface area contributed by atoms with Gasteiger partial charge in [-0.25, -0.2) is 4.79 Å². The van der Waals surface area contributed by atoms with E-state index < -0.39 is 12.1 Å². The van der Waals surface area contributed by atoms with E-state index in [1.165, 1.54) is 0 Å². The Bertz CT molecular complexity index is 1140. The van der Waals surface area contributed by atoms with Crippen molar-refractivity contribution in [2.45, 2.75) is 17.8 Å². The third kappa shape index (κ3) is 4.14. The van der Waals surface area contributed by atoms with E-state index in [0.29, 0.717) is 17.7 Å². The number of rotatable bonds is 6. The molecule has 1 amide bonds. The molecule has 4 rings (SSSR count). The smallest absolute Gasteiger partial charge is 0.405 e. The van der Waals surface area contributed by atoms with Gasteiger partial charge in [-0.15, -0.1) is 0 Å². The monoisotopic (exact) mass is 451 g/mol. The molecular formula is C22H18BrN3O3. The summed E-state index contributed by atoms with van der Waals surface area (Å²) in [6, 6.07) is 18.7. The Morgan fingerprint density at radius 2 is 1.97 bits per heavy atom. The zero-order valence-electron chi connectivity index (χ0n) is 15.4. The zero-order valence-corrected chi connectivity index (χ0v) is 17.0. The average molecular weight is 452 g/mol. The maximum absolute atomic E-state index is 11.5. The van der Waals surface area contributed by atoms with E-state index in [-0.39, 0.29) is 0 Å². The number of hydrogen-bond donors (Lipinski definition) is 2. The highest BCUT2D eigenvalue weighted by atomic mass is 79.9. The van der Waals surface area contributed by atoms with Crippen molar-refractivity contribution in [3.63, 3.8) is 0 Å². The quantitative estimate of drug-likeness (QED) is 0.386. The molecule has 4 aromatic rings. The summed E-state index contributed by atoms with van der Waals surface area (Å²) in [6.07, 6.45) is 1.03. The van der Waals surface area contributed by atoms with Crippen LogP contribution in [0.4, 0.5) is 4.79 Å². The molecule has 29 heavy (non-hydrogen) atoms. The lowest BCUT2D eigenvalue weighted by Crippen LogP contribution is -2.29. The molecule has 0 aliphatic carbocycles. The Kier molecular flexibility index (Phi) is 5.57. The number of fused-ring (bicyclic) bond motifs is 1. The molecule has 6 nitrogen and oxygen atoms in total. The zero-order chi connectivity index (χ0) is 20.2. The van der Waals surface area contributed by atoms with Crippen LogP contribution in [0.5, 0.6) is 0 Å². The molecule has 0 aliphatic heterocycles. The number of halogens is 1. The fourth-order valence-electron chi connectivity index (χ4n) is 3.39. The second-order valence-electron chi connectivity index (χ2n) is 6.61. The number of nitrogens with one attached hydrogen (secondary N) is 1. The summed E-state index contributed by atoms with van der Waals surface area (Å²) in [6.45, 7) is 0. The van der Waals surface area contributed by atoms with Crippen molar-refractivity contribution in [1.82, 2.24) is 15.5 Å². The lowest BCUT2D eigenvalue weighted by Gasteiger charge is -2.20. The minimum absolute atomic E-state index is 0.424. The first-order chi connectivity index (χ1) is 14.2. The summed E-state index contributed by atoms with van der Waals surface area (Å²) in [4.78, 5) is 15.8. The molecule has 2 heterocycles. The van der Waals surface area contributed by atoms with Crippen LogP contribution in [0.3, 0.4) is 0 Å². The molecule has 2 aromatic carbocycles. The molecule has 0 fully saturated rings. The minimum Gasteiger partial charge on any atom is -0.465 e. The fourth-order valence-corrected chi connectivity index (χ4v) is 3.74. The second kappa shape index (κ2) is 8.45. The first-order valence-electron chi connectivity index (χ1n) is 9.08. The number of benzene rings is 2. The molecule has 0 aliphatic rings. The van der Waals surface area contributed by atoms with Gasteiger partial charge in [-0.1, -0.05) is 57.5 Å². The van der Waals surface area contributed by atoms with Gasteiger partial charge in [0, 0.05) is 34.6 Å². The Morgan fingerprint density at radius 3 is 2.72 bits per heavy atom. The van der Waals surface area contributed by atoms with Crippen LogP contribution in [-0.4, -0.2) is 21.3 Å². The highest BCUT2D eigenvalue weighted by Crippen LogP contribution is 2.34. The number of alkyl halides is 1. The van der Waals surface area contributed by atoms with Crippen LogP contribution in [0.25, 0.3) is 22.2 Å². The van der Waals surface area contributed by atoms with E-state index in [2.05, 4.69) is 31.4 Å². The van der Waals surface area contributed by atoms with Crippen molar-refractivity contribution in [2.75, 3.05) is 0 Å². The van der Waals surface area contributed by atoms with Crippen LogP contribution in [0.15, 0.2) is 71.4 Å². The number of carboxylic acid groups (broad SMARTS) is 1. The van der Waals surface area contributed by atoms with Crippen LogP contribution in [0.1, 0.15) is 22.9 Å². The van der Waals surface area contributed by atoms with Gasteiger partial charge in [-0.3, -0.25) is 4.98 Å². The minimum atomic E-state index is -1.09. The van der Waals surface area contributed by atoms with E-state index in [0.717, 1.165) is 33.1 Å². The number of amides is 1. The van der Waals surface area contributed by atoms with Crippen molar-refractivity contribution in [2.24, 2.45) is 0 Å². The largest absolute Gasteiger partial charge is 0.465 e. The van der Waals surface area contributed by atoms with Crippen molar-refractivity contribution in [3.8, 4) is 11.3 Å².